The van der Waals surface area contributed by atoms with E-state index in [1.54, 1.807) is 0 Å². The van der Waals surface area contributed by atoms with Crippen molar-refractivity contribution in [1.82, 2.24) is 5.32 Å². The van der Waals surface area contributed by atoms with Crippen LogP contribution in [0.3, 0.4) is 0 Å². The average molecular weight is 187 g/mol. The minimum absolute atomic E-state index is 0.221. The number of hydrogen-bond acceptors (Lipinski definition) is 5. The SMILES string of the molecule is CC(=O)C(=O)OC1NC(C)(C)CO1. The van der Waals surface area contributed by atoms with Crippen molar-refractivity contribution < 1.29 is 19.1 Å². The Kier molecular flexibility index (Phi) is 2.68. The fourth-order valence-electron chi connectivity index (χ4n) is 0.930. The van der Waals surface area contributed by atoms with E-state index in [-0.39, 0.29) is 5.54 Å². The zero-order chi connectivity index (χ0) is 10.1. The highest BCUT2D eigenvalue weighted by Gasteiger charge is 2.33. The molecule has 1 saturated heterocycles. The molecule has 1 N–H and O–H groups in total. The first-order valence-corrected chi connectivity index (χ1v) is 4.01. The van der Waals surface area contributed by atoms with Gasteiger partial charge in [0.15, 0.2) is 0 Å². The number of rotatable bonds is 2. The van der Waals surface area contributed by atoms with Crippen LogP contribution in [0.4, 0.5) is 0 Å². The van der Waals surface area contributed by atoms with Crippen LogP contribution >= 0.6 is 0 Å². The van der Waals surface area contributed by atoms with Gasteiger partial charge >= 0.3 is 5.97 Å². The van der Waals surface area contributed by atoms with Crippen LogP contribution in [-0.2, 0) is 19.1 Å². The van der Waals surface area contributed by atoms with Crippen LogP contribution in [0.25, 0.3) is 0 Å². The van der Waals surface area contributed by atoms with Crippen LogP contribution in [0, 0.1) is 0 Å². The molecule has 0 aromatic heterocycles. The number of hydrogen-bond donors (Lipinski definition) is 1. The second kappa shape index (κ2) is 3.43. The second-order valence-electron chi connectivity index (χ2n) is 3.63. The van der Waals surface area contributed by atoms with Gasteiger partial charge < -0.3 is 9.47 Å². The highest BCUT2D eigenvalue weighted by molar-refractivity contribution is 6.32. The molecule has 0 aromatic rings. The number of nitrogens with one attached hydrogen (secondary N) is 1. The van der Waals surface area contributed by atoms with Gasteiger partial charge in [0.1, 0.15) is 0 Å². The van der Waals surface area contributed by atoms with Crippen molar-refractivity contribution in [2.75, 3.05) is 6.61 Å². The van der Waals surface area contributed by atoms with Crippen LogP contribution in [0.2, 0.25) is 0 Å². The molecule has 74 valence electrons. The Balaban J connectivity index is 2.41. The highest BCUT2D eigenvalue weighted by Crippen LogP contribution is 2.14. The number of Topliss-reactive ketones (excluding diaryl/α,β-unsaturated/α-hetero) is 1. The molecule has 5 heteroatoms. The third-order valence-electron chi connectivity index (χ3n) is 1.61. The van der Waals surface area contributed by atoms with Gasteiger partial charge in [0.2, 0.25) is 5.78 Å². The number of ketones is 1. The molecule has 1 unspecified atom stereocenters. The summed E-state index contributed by atoms with van der Waals surface area (Å²) in [5.41, 5.74) is -0.221. The fraction of sp³-hybridized carbons (Fsp3) is 0.750. The van der Waals surface area contributed by atoms with Crippen molar-refractivity contribution in [2.45, 2.75) is 32.7 Å². The van der Waals surface area contributed by atoms with Crippen LogP contribution in [0.15, 0.2) is 0 Å². The van der Waals surface area contributed by atoms with Crippen molar-refractivity contribution in [3.05, 3.63) is 0 Å². The average Bonchev–Trinajstić information content (AvgIpc) is 2.30. The standard InChI is InChI=1S/C8H13NO4/c1-5(10)6(11)13-7-9-8(2,3)4-12-7/h7,9H,4H2,1-3H3. The molecule has 0 bridgehead atoms. The third kappa shape index (κ3) is 2.78. The second-order valence-corrected chi connectivity index (χ2v) is 3.63. The first-order valence-electron chi connectivity index (χ1n) is 4.01. The molecule has 0 spiro atoms. The summed E-state index contributed by atoms with van der Waals surface area (Å²) < 4.78 is 9.77. The van der Waals surface area contributed by atoms with E-state index in [2.05, 4.69) is 10.1 Å². The Hall–Kier alpha value is -0.940. The number of ether oxygens (including phenoxy) is 2. The molecule has 0 aliphatic carbocycles. The van der Waals surface area contributed by atoms with Gasteiger partial charge in [0, 0.05) is 12.5 Å². The summed E-state index contributed by atoms with van der Waals surface area (Å²) in [6.45, 7) is 5.43. The molecule has 5 nitrogen and oxygen atoms in total. The van der Waals surface area contributed by atoms with E-state index in [1.165, 1.54) is 0 Å². The Morgan fingerprint density at radius 3 is 2.54 bits per heavy atom. The summed E-state index contributed by atoms with van der Waals surface area (Å²) in [5.74, 6) is -1.51. The van der Waals surface area contributed by atoms with Crippen LogP contribution in [0.5, 0.6) is 0 Å². The molecule has 0 radical (unpaired) electrons. The predicted molar refractivity (Wildman–Crippen MR) is 43.7 cm³/mol. The van der Waals surface area contributed by atoms with Gasteiger partial charge in [0.05, 0.1) is 6.61 Å². The lowest BCUT2D eigenvalue weighted by Gasteiger charge is -2.16. The molecule has 0 aromatic carbocycles. The molecular formula is C8H13NO4. The van der Waals surface area contributed by atoms with Crippen molar-refractivity contribution in [2.24, 2.45) is 0 Å². The smallest absolute Gasteiger partial charge is 0.377 e. The van der Waals surface area contributed by atoms with Gasteiger partial charge in [-0.2, -0.15) is 0 Å². The Bertz CT molecular complexity index is 236. The third-order valence-corrected chi connectivity index (χ3v) is 1.61. The van der Waals surface area contributed by atoms with Crippen molar-refractivity contribution in [1.29, 1.82) is 0 Å². The zero-order valence-electron chi connectivity index (χ0n) is 7.92. The van der Waals surface area contributed by atoms with E-state index >= 15 is 0 Å². The van der Waals surface area contributed by atoms with E-state index in [1.807, 2.05) is 13.8 Å². The lowest BCUT2D eigenvalue weighted by molar-refractivity contribution is -0.176. The summed E-state index contributed by atoms with van der Waals surface area (Å²) in [6, 6.07) is 0. The number of carbonyl (C=O) groups is 2. The fourth-order valence-corrected chi connectivity index (χ4v) is 0.930. The zero-order valence-corrected chi connectivity index (χ0v) is 7.92. The van der Waals surface area contributed by atoms with Crippen LogP contribution < -0.4 is 5.32 Å². The van der Waals surface area contributed by atoms with Gasteiger partial charge in [-0.25, -0.2) is 4.79 Å². The van der Waals surface area contributed by atoms with E-state index in [0.717, 1.165) is 6.92 Å². The van der Waals surface area contributed by atoms with Gasteiger partial charge in [-0.1, -0.05) is 0 Å². The minimum Gasteiger partial charge on any atom is -0.416 e. The summed E-state index contributed by atoms with van der Waals surface area (Å²) in [4.78, 5) is 21.4. The maximum Gasteiger partial charge on any atom is 0.377 e. The van der Waals surface area contributed by atoms with Gasteiger partial charge in [0.25, 0.3) is 6.41 Å². The summed E-state index contributed by atoms with van der Waals surface area (Å²) in [6.07, 6.45) is -0.800. The molecular weight excluding hydrogens is 174 g/mol. The van der Waals surface area contributed by atoms with E-state index in [0.29, 0.717) is 6.61 Å². The van der Waals surface area contributed by atoms with Crippen molar-refractivity contribution in [3.63, 3.8) is 0 Å². The molecule has 1 rings (SSSR count). The monoisotopic (exact) mass is 187 g/mol. The quantitative estimate of drug-likeness (QED) is 0.479. The van der Waals surface area contributed by atoms with Crippen molar-refractivity contribution in [3.8, 4) is 0 Å². The van der Waals surface area contributed by atoms with E-state index in [4.69, 9.17) is 4.74 Å². The van der Waals surface area contributed by atoms with Crippen LogP contribution in [-0.4, -0.2) is 30.3 Å². The molecule has 13 heavy (non-hydrogen) atoms. The Morgan fingerprint density at radius 1 is 1.54 bits per heavy atom. The first-order chi connectivity index (χ1) is 5.91. The summed E-state index contributed by atoms with van der Waals surface area (Å²) >= 11 is 0. The number of carbonyl (C=O) groups excluding carboxylic acids is 2. The highest BCUT2D eigenvalue weighted by atomic mass is 16.7. The molecule has 1 heterocycles. The molecule has 0 saturated carbocycles. The maximum absolute atomic E-state index is 10.8. The van der Waals surface area contributed by atoms with Gasteiger partial charge in [-0.15, -0.1) is 0 Å². The minimum atomic E-state index is -0.879. The summed E-state index contributed by atoms with van der Waals surface area (Å²) in [7, 11) is 0. The molecule has 1 aliphatic rings. The van der Waals surface area contributed by atoms with Gasteiger partial charge in [-0.3, -0.25) is 10.1 Å². The topological polar surface area (TPSA) is 64.6 Å². The normalized spacial score (nSPS) is 25.6. The molecule has 1 atom stereocenters. The van der Waals surface area contributed by atoms with E-state index in [9.17, 15) is 9.59 Å². The van der Waals surface area contributed by atoms with Crippen LogP contribution in [0.1, 0.15) is 20.8 Å². The van der Waals surface area contributed by atoms with Crippen molar-refractivity contribution >= 4 is 11.8 Å². The molecule has 1 aliphatic heterocycles. The van der Waals surface area contributed by atoms with Gasteiger partial charge in [-0.05, 0) is 13.8 Å². The van der Waals surface area contributed by atoms with E-state index < -0.39 is 18.2 Å². The lowest BCUT2D eigenvalue weighted by atomic mass is 10.1. The predicted octanol–water partition coefficient (Wildman–Crippen LogP) is -0.199. The first kappa shape index (κ1) is 10.1. The lowest BCUT2D eigenvalue weighted by Crippen LogP contribution is -2.41. The number of esters is 1. The largest absolute Gasteiger partial charge is 0.416 e. The molecule has 0 amide bonds. The molecule has 1 fully saturated rings. The Labute approximate surface area is 76.4 Å². The summed E-state index contributed by atoms with van der Waals surface area (Å²) in [5, 5.41) is 2.90. The Morgan fingerprint density at radius 2 is 2.15 bits per heavy atom. The maximum atomic E-state index is 10.8.